The topological polar surface area (TPSA) is 55.0 Å². The zero-order valence-corrected chi connectivity index (χ0v) is 11.0. The zero-order chi connectivity index (χ0) is 12.5. The third-order valence-electron chi connectivity index (χ3n) is 3.24. The van der Waals surface area contributed by atoms with E-state index in [-0.39, 0.29) is 11.5 Å². The van der Waals surface area contributed by atoms with E-state index >= 15 is 0 Å². The van der Waals surface area contributed by atoms with Crippen LogP contribution in [-0.4, -0.2) is 29.1 Å². The SMILES string of the molecule is CC(C)(C)c1cnc(N2CCCC(N)C2)nc1. The minimum Gasteiger partial charge on any atom is -0.339 e. The number of rotatable bonds is 1. The summed E-state index contributed by atoms with van der Waals surface area (Å²) >= 11 is 0. The molecule has 2 heterocycles. The van der Waals surface area contributed by atoms with E-state index < -0.39 is 0 Å². The van der Waals surface area contributed by atoms with Crippen molar-refractivity contribution in [3.05, 3.63) is 18.0 Å². The first-order chi connectivity index (χ1) is 7.97. The van der Waals surface area contributed by atoms with Crippen molar-refractivity contribution in [2.75, 3.05) is 18.0 Å². The van der Waals surface area contributed by atoms with Crippen LogP contribution in [0.4, 0.5) is 5.95 Å². The number of nitrogens with zero attached hydrogens (tertiary/aromatic N) is 3. The van der Waals surface area contributed by atoms with Crippen LogP contribution in [-0.2, 0) is 5.41 Å². The molecule has 0 amide bonds. The van der Waals surface area contributed by atoms with Crippen LogP contribution in [0.5, 0.6) is 0 Å². The van der Waals surface area contributed by atoms with E-state index in [0.717, 1.165) is 31.9 Å². The fourth-order valence-electron chi connectivity index (χ4n) is 2.06. The molecule has 4 heteroatoms. The second-order valence-electron chi connectivity index (χ2n) is 5.87. The molecule has 2 rings (SSSR count). The molecular formula is C13H22N4. The van der Waals surface area contributed by atoms with Crippen LogP contribution < -0.4 is 10.6 Å². The van der Waals surface area contributed by atoms with Gasteiger partial charge in [0.05, 0.1) is 0 Å². The lowest BCUT2D eigenvalue weighted by Gasteiger charge is -2.31. The number of hydrogen-bond donors (Lipinski definition) is 1. The number of aromatic nitrogens is 2. The molecule has 94 valence electrons. The Kier molecular flexibility index (Phi) is 3.33. The summed E-state index contributed by atoms with van der Waals surface area (Å²) in [5.74, 6) is 0.813. The number of nitrogens with two attached hydrogens (primary N) is 1. The molecule has 0 aromatic carbocycles. The first-order valence-corrected chi connectivity index (χ1v) is 6.30. The molecular weight excluding hydrogens is 212 g/mol. The number of piperidine rings is 1. The largest absolute Gasteiger partial charge is 0.339 e. The van der Waals surface area contributed by atoms with E-state index in [4.69, 9.17) is 5.73 Å². The van der Waals surface area contributed by atoms with Gasteiger partial charge in [0.1, 0.15) is 0 Å². The smallest absolute Gasteiger partial charge is 0.225 e. The molecule has 1 unspecified atom stereocenters. The average molecular weight is 234 g/mol. The Hall–Kier alpha value is -1.16. The van der Waals surface area contributed by atoms with Crippen LogP contribution in [0.1, 0.15) is 39.2 Å². The normalized spacial score (nSPS) is 21.6. The Morgan fingerprint density at radius 2 is 1.94 bits per heavy atom. The maximum Gasteiger partial charge on any atom is 0.225 e. The Bertz CT molecular complexity index is 366. The van der Waals surface area contributed by atoms with Crippen molar-refractivity contribution in [1.82, 2.24) is 9.97 Å². The third kappa shape index (κ3) is 2.94. The van der Waals surface area contributed by atoms with Gasteiger partial charge in [0.15, 0.2) is 0 Å². The quantitative estimate of drug-likeness (QED) is 0.803. The molecule has 1 aromatic heterocycles. The molecule has 1 aliphatic heterocycles. The predicted octanol–water partition coefficient (Wildman–Crippen LogP) is 1.70. The van der Waals surface area contributed by atoms with Gasteiger partial charge in [0.25, 0.3) is 0 Å². The van der Waals surface area contributed by atoms with Gasteiger partial charge in [-0.15, -0.1) is 0 Å². The van der Waals surface area contributed by atoms with Crippen molar-refractivity contribution >= 4 is 5.95 Å². The molecule has 0 saturated carbocycles. The van der Waals surface area contributed by atoms with Crippen LogP contribution in [0.3, 0.4) is 0 Å². The van der Waals surface area contributed by atoms with Gasteiger partial charge in [-0.2, -0.15) is 0 Å². The lowest BCUT2D eigenvalue weighted by atomic mass is 9.89. The summed E-state index contributed by atoms with van der Waals surface area (Å²) in [6.07, 6.45) is 6.10. The minimum atomic E-state index is 0.108. The van der Waals surface area contributed by atoms with Crippen LogP contribution in [0, 0.1) is 0 Å². The molecule has 2 N–H and O–H groups in total. The van der Waals surface area contributed by atoms with Crippen LogP contribution >= 0.6 is 0 Å². The standard InChI is InChI=1S/C13H22N4/c1-13(2,3)10-7-15-12(16-8-10)17-6-4-5-11(14)9-17/h7-8,11H,4-6,9,14H2,1-3H3. The highest BCUT2D eigenvalue weighted by Crippen LogP contribution is 2.22. The molecule has 0 radical (unpaired) electrons. The first kappa shape index (κ1) is 12.3. The zero-order valence-electron chi connectivity index (χ0n) is 11.0. The maximum absolute atomic E-state index is 5.96. The van der Waals surface area contributed by atoms with Gasteiger partial charge in [-0.05, 0) is 23.8 Å². The molecule has 1 atom stereocenters. The second kappa shape index (κ2) is 4.61. The first-order valence-electron chi connectivity index (χ1n) is 6.30. The monoisotopic (exact) mass is 234 g/mol. The summed E-state index contributed by atoms with van der Waals surface area (Å²) in [4.78, 5) is 11.1. The molecule has 0 bridgehead atoms. The lowest BCUT2D eigenvalue weighted by molar-refractivity contribution is 0.498. The van der Waals surface area contributed by atoms with Gasteiger partial charge < -0.3 is 10.6 Å². The molecule has 0 aliphatic carbocycles. The Morgan fingerprint density at radius 3 is 2.47 bits per heavy atom. The fourth-order valence-corrected chi connectivity index (χ4v) is 2.06. The molecule has 1 aliphatic rings. The van der Waals surface area contributed by atoms with Crippen molar-refractivity contribution in [2.45, 2.75) is 45.1 Å². The summed E-state index contributed by atoms with van der Waals surface area (Å²) < 4.78 is 0. The van der Waals surface area contributed by atoms with E-state index in [1.807, 2.05) is 12.4 Å². The van der Waals surface area contributed by atoms with Gasteiger partial charge in [-0.1, -0.05) is 20.8 Å². The molecule has 17 heavy (non-hydrogen) atoms. The molecule has 1 saturated heterocycles. The average Bonchev–Trinajstić information content (AvgIpc) is 2.28. The van der Waals surface area contributed by atoms with E-state index in [9.17, 15) is 0 Å². The summed E-state index contributed by atoms with van der Waals surface area (Å²) in [5, 5.41) is 0. The third-order valence-corrected chi connectivity index (χ3v) is 3.24. The highest BCUT2D eigenvalue weighted by atomic mass is 15.3. The van der Waals surface area contributed by atoms with E-state index in [0.29, 0.717) is 0 Å². The van der Waals surface area contributed by atoms with Crippen molar-refractivity contribution in [3.8, 4) is 0 Å². The van der Waals surface area contributed by atoms with E-state index in [1.165, 1.54) is 5.56 Å². The van der Waals surface area contributed by atoms with E-state index in [2.05, 4.69) is 35.6 Å². The van der Waals surface area contributed by atoms with Crippen molar-refractivity contribution < 1.29 is 0 Å². The van der Waals surface area contributed by atoms with Gasteiger partial charge in [0, 0.05) is 31.5 Å². The number of hydrogen-bond acceptors (Lipinski definition) is 4. The van der Waals surface area contributed by atoms with Gasteiger partial charge in [0.2, 0.25) is 5.95 Å². The molecule has 4 nitrogen and oxygen atoms in total. The fraction of sp³-hybridized carbons (Fsp3) is 0.692. The Morgan fingerprint density at radius 1 is 1.29 bits per heavy atom. The van der Waals surface area contributed by atoms with E-state index in [1.54, 1.807) is 0 Å². The van der Waals surface area contributed by atoms with Crippen molar-refractivity contribution in [1.29, 1.82) is 0 Å². The molecule has 1 aromatic rings. The Balaban J connectivity index is 2.12. The van der Waals surface area contributed by atoms with Crippen molar-refractivity contribution in [3.63, 3.8) is 0 Å². The van der Waals surface area contributed by atoms with Gasteiger partial charge in [-0.25, -0.2) is 9.97 Å². The second-order valence-corrected chi connectivity index (χ2v) is 5.87. The van der Waals surface area contributed by atoms with Crippen LogP contribution in [0.25, 0.3) is 0 Å². The maximum atomic E-state index is 5.96. The summed E-state index contributed by atoms with van der Waals surface area (Å²) in [6.45, 7) is 8.39. The lowest BCUT2D eigenvalue weighted by Crippen LogP contribution is -2.43. The predicted molar refractivity (Wildman–Crippen MR) is 70.2 cm³/mol. The van der Waals surface area contributed by atoms with Gasteiger partial charge in [-0.3, -0.25) is 0 Å². The highest BCUT2D eigenvalue weighted by molar-refractivity contribution is 5.32. The summed E-state index contributed by atoms with van der Waals surface area (Å²) in [7, 11) is 0. The van der Waals surface area contributed by atoms with Crippen molar-refractivity contribution in [2.24, 2.45) is 5.73 Å². The van der Waals surface area contributed by atoms with Crippen LogP contribution in [0.2, 0.25) is 0 Å². The number of anilines is 1. The molecule has 1 fully saturated rings. The van der Waals surface area contributed by atoms with Gasteiger partial charge >= 0.3 is 0 Å². The Labute approximate surface area is 103 Å². The summed E-state index contributed by atoms with van der Waals surface area (Å²) in [6, 6.07) is 0.259. The molecule has 0 spiro atoms. The summed E-state index contributed by atoms with van der Waals surface area (Å²) in [5.41, 5.74) is 7.24. The minimum absolute atomic E-state index is 0.108. The van der Waals surface area contributed by atoms with Crippen LogP contribution in [0.15, 0.2) is 12.4 Å². The highest BCUT2D eigenvalue weighted by Gasteiger charge is 2.20.